The van der Waals surface area contributed by atoms with Crippen molar-refractivity contribution in [3.63, 3.8) is 0 Å². The molecule has 1 aliphatic rings. The van der Waals surface area contributed by atoms with Gasteiger partial charge in [0.1, 0.15) is 5.75 Å². The van der Waals surface area contributed by atoms with Crippen molar-refractivity contribution in [3.05, 3.63) is 60.0 Å². The maximum Gasteiger partial charge on any atom is 0.226 e. The van der Waals surface area contributed by atoms with Crippen molar-refractivity contribution in [2.24, 2.45) is 0 Å². The van der Waals surface area contributed by atoms with E-state index in [1.807, 2.05) is 29.2 Å². The van der Waals surface area contributed by atoms with Crippen LogP contribution in [0.5, 0.6) is 5.75 Å². The smallest absolute Gasteiger partial charge is 0.226 e. The van der Waals surface area contributed by atoms with Crippen LogP contribution in [0.1, 0.15) is 24.3 Å². The zero-order chi connectivity index (χ0) is 21.6. The molecular formula is C24H28N4O3. The first-order valence-corrected chi connectivity index (χ1v) is 10.7. The van der Waals surface area contributed by atoms with E-state index in [0.717, 1.165) is 37.5 Å². The van der Waals surface area contributed by atoms with E-state index in [1.165, 1.54) is 11.3 Å². The van der Waals surface area contributed by atoms with Gasteiger partial charge in [0, 0.05) is 50.3 Å². The number of nitrogens with zero attached hydrogens (tertiary/aromatic N) is 4. The fourth-order valence-electron chi connectivity index (χ4n) is 3.88. The molecule has 3 aromatic rings. The van der Waals surface area contributed by atoms with E-state index in [0.29, 0.717) is 31.0 Å². The highest BCUT2D eigenvalue weighted by molar-refractivity contribution is 5.76. The first kappa shape index (κ1) is 20.9. The predicted molar refractivity (Wildman–Crippen MR) is 119 cm³/mol. The van der Waals surface area contributed by atoms with Gasteiger partial charge >= 0.3 is 0 Å². The first-order chi connectivity index (χ1) is 15.1. The zero-order valence-electron chi connectivity index (χ0n) is 18.1. The Morgan fingerprint density at radius 2 is 1.81 bits per heavy atom. The number of benzene rings is 2. The number of piperazine rings is 1. The van der Waals surface area contributed by atoms with Crippen LogP contribution in [-0.4, -0.2) is 54.2 Å². The van der Waals surface area contributed by atoms with Gasteiger partial charge in [0.2, 0.25) is 17.6 Å². The fraction of sp³-hybridized carbons (Fsp3) is 0.375. The van der Waals surface area contributed by atoms with Crippen LogP contribution in [0.15, 0.2) is 53.1 Å². The van der Waals surface area contributed by atoms with Crippen molar-refractivity contribution in [3.8, 4) is 17.1 Å². The molecule has 2 aromatic carbocycles. The SMILES string of the molecule is COc1ccc(-c2noc(CCCC(=O)N3CCN(c4ccccc4C)CC3)n2)cc1. The van der Waals surface area contributed by atoms with Crippen LogP contribution in [0.4, 0.5) is 5.69 Å². The summed E-state index contributed by atoms with van der Waals surface area (Å²) < 4.78 is 10.5. The molecule has 0 spiro atoms. The first-order valence-electron chi connectivity index (χ1n) is 10.7. The van der Waals surface area contributed by atoms with E-state index in [4.69, 9.17) is 9.26 Å². The number of anilines is 1. The third-order valence-corrected chi connectivity index (χ3v) is 5.69. The van der Waals surface area contributed by atoms with E-state index >= 15 is 0 Å². The van der Waals surface area contributed by atoms with Gasteiger partial charge in [-0.2, -0.15) is 4.98 Å². The van der Waals surface area contributed by atoms with Gasteiger partial charge in [0.05, 0.1) is 7.11 Å². The number of carbonyl (C=O) groups is 1. The lowest BCUT2D eigenvalue weighted by Gasteiger charge is -2.36. The molecule has 1 amide bonds. The van der Waals surface area contributed by atoms with Crippen LogP contribution in [0.25, 0.3) is 11.4 Å². The van der Waals surface area contributed by atoms with Crippen molar-refractivity contribution in [1.82, 2.24) is 15.0 Å². The lowest BCUT2D eigenvalue weighted by atomic mass is 10.1. The zero-order valence-corrected chi connectivity index (χ0v) is 18.1. The fourth-order valence-corrected chi connectivity index (χ4v) is 3.88. The Bertz CT molecular complexity index is 1010. The second-order valence-electron chi connectivity index (χ2n) is 7.75. The molecule has 0 atom stereocenters. The summed E-state index contributed by atoms with van der Waals surface area (Å²) in [6.45, 7) is 5.38. The van der Waals surface area contributed by atoms with Crippen LogP contribution >= 0.6 is 0 Å². The number of methoxy groups -OCH3 is 1. The molecule has 0 aliphatic carbocycles. The highest BCUT2D eigenvalue weighted by atomic mass is 16.5. The van der Waals surface area contributed by atoms with E-state index in [-0.39, 0.29) is 5.91 Å². The predicted octanol–water partition coefficient (Wildman–Crippen LogP) is 3.73. The van der Waals surface area contributed by atoms with Crippen LogP contribution in [0, 0.1) is 6.92 Å². The van der Waals surface area contributed by atoms with Crippen molar-refractivity contribution in [2.75, 3.05) is 38.2 Å². The minimum absolute atomic E-state index is 0.194. The molecule has 0 bridgehead atoms. The monoisotopic (exact) mass is 420 g/mol. The number of rotatable bonds is 7. The van der Waals surface area contributed by atoms with Gasteiger partial charge in [-0.05, 0) is 49.2 Å². The number of hydrogen-bond donors (Lipinski definition) is 0. The molecule has 1 saturated heterocycles. The summed E-state index contributed by atoms with van der Waals surface area (Å²) in [5.41, 5.74) is 3.41. The van der Waals surface area contributed by atoms with Crippen molar-refractivity contribution in [2.45, 2.75) is 26.2 Å². The Morgan fingerprint density at radius 3 is 2.52 bits per heavy atom. The number of carbonyl (C=O) groups excluding carboxylic acids is 1. The van der Waals surface area contributed by atoms with Gasteiger partial charge in [0.25, 0.3) is 0 Å². The molecule has 31 heavy (non-hydrogen) atoms. The molecule has 0 radical (unpaired) electrons. The van der Waals surface area contributed by atoms with Gasteiger partial charge in [-0.15, -0.1) is 0 Å². The van der Waals surface area contributed by atoms with Crippen LogP contribution < -0.4 is 9.64 Å². The van der Waals surface area contributed by atoms with Gasteiger partial charge < -0.3 is 19.1 Å². The summed E-state index contributed by atoms with van der Waals surface area (Å²) in [7, 11) is 1.63. The number of amides is 1. The molecule has 1 aliphatic heterocycles. The van der Waals surface area contributed by atoms with Crippen LogP contribution in [0.3, 0.4) is 0 Å². The summed E-state index contributed by atoms with van der Waals surface area (Å²) in [6, 6.07) is 15.9. The number of hydrogen-bond acceptors (Lipinski definition) is 6. The summed E-state index contributed by atoms with van der Waals surface area (Å²) in [4.78, 5) is 21.4. The van der Waals surface area contributed by atoms with Crippen LogP contribution in [-0.2, 0) is 11.2 Å². The summed E-state index contributed by atoms with van der Waals surface area (Å²) >= 11 is 0. The average Bonchev–Trinajstić information content (AvgIpc) is 3.28. The maximum absolute atomic E-state index is 12.6. The highest BCUT2D eigenvalue weighted by Gasteiger charge is 2.22. The maximum atomic E-state index is 12.6. The molecule has 7 heteroatoms. The van der Waals surface area contributed by atoms with E-state index in [2.05, 4.69) is 46.2 Å². The standard InChI is InChI=1S/C24H28N4O3/c1-18-6-3-4-7-21(18)27-14-16-28(17-15-27)23(29)9-5-8-22-25-24(26-31-22)19-10-12-20(30-2)13-11-19/h3-4,6-7,10-13H,5,8-9,14-17H2,1-2H3. The molecule has 2 heterocycles. The third kappa shape index (κ3) is 5.05. The summed E-state index contributed by atoms with van der Waals surface area (Å²) in [5.74, 6) is 2.09. The van der Waals surface area contributed by atoms with E-state index < -0.39 is 0 Å². The van der Waals surface area contributed by atoms with Crippen molar-refractivity contribution < 1.29 is 14.1 Å². The number of para-hydroxylation sites is 1. The average molecular weight is 421 g/mol. The summed E-state index contributed by atoms with van der Waals surface area (Å²) in [6.07, 6.45) is 1.78. The van der Waals surface area contributed by atoms with Gasteiger partial charge in [-0.1, -0.05) is 23.4 Å². The highest BCUT2D eigenvalue weighted by Crippen LogP contribution is 2.22. The van der Waals surface area contributed by atoms with Crippen LogP contribution in [0.2, 0.25) is 0 Å². The number of ether oxygens (including phenoxy) is 1. The van der Waals surface area contributed by atoms with Crippen molar-refractivity contribution >= 4 is 11.6 Å². The lowest BCUT2D eigenvalue weighted by Crippen LogP contribution is -2.49. The minimum Gasteiger partial charge on any atom is -0.497 e. The Balaban J connectivity index is 1.23. The molecule has 1 fully saturated rings. The molecule has 0 unspecified atom stereocenters. The minimum atomic E-state index is 0.194. The molecule has 0 saturated carbocycles. The topological polar surface area (TPSA) is 71.7 Å². The largest absolute Gasteiger partial charge is 0.497 e. The Morgan fingerprint density at radius 1 is 1.06 bits per heavy atom. The second kappa shape index (κ2) is 9.64. The van der Waals surface area contributed by atoms with Gasteiger partial charge in [-0.25, -0.2) is 0 Å². The number of aryl methyl sites for hydroxylation is 2. The third-order valence-electron chi connectivity index (χ3n) is 5.69. The molecular weight excluding hydrogens is 392 g/mol. The molecule has 1 aromatic heterocycles. The quantitative estimate of drug-likeness (QED) is 0.580. The number of aromatic nitrogens is 2. The second-order valence-corrected chi connectivity index (χ2v) is 7.75. The molecule has 162 valence electrons. The normalized spacial score (nSPS) is 14.0. The Labute approximate surface area is 182 Å². The summed E-state index contributed by atoms with van der Waals surface area (Å²) in [5, 5.41) is 4.05. The molecule has 0 N–H and O–H groups in total. The van der Waals surface area contributed by atoms with E-state index in [1.54, 1.807) is 7.11 Å². The Hall–Kier alpha value is -3.35. The lowest BCUT2D eigenvalue weighted by molar-refractivity contribution is -0.131. The van der Waals surface area contributed by atoms with E-state index in [9.17, 15) is 4.79 Å². The molecule has 4 rings (SSSR count). The Kier molecular flexibility index (Phi) is 6.50. The van der Waals surface area contributed by atoms with Gasteiger partial charge in [-0.3, -0.25) is 4.79 Å². The molecule has 7 nitrogen and oxygen atoms in total. The van der Waals surface area contributed by atoms with Gasteiger partial charge in [0.15, 0.2) is 0 Å². The van der Waals surface area contributed by atoms with Crippen molar-refractivity contribution in [1.29, 1.82) is 0 Å².